The van der Waals surface area contributed by atoms with Crippen LogP contribution in [0.1, 0.15) is 36.5 Å². The number of amides is 1. The zero-order valence-corrected chi connectivity index (χ0v) is 14.2. The number of anilines is 2. The molecule has 1 aliphatic rings. The number of halogens is 3. The van der Waals surface area contributed by atoms with Crippen LogP contribution in [0.4, 0.5) is 24.5 Å². The zero-order valence-electron chi connectivity index (χ0n) is 14.2. The summed E-state index contributed by atoms with van der Waals surface area (Å²) in [5.41, 5.74) is 0.464. The van der Waals surface area contributed by atoms with Crippen molar-refractivity contribution in [2.75, 3.05) is 23.4 Å². The molecule has 1 amide bonds. The zero-order chi connectivity index (χ0) is 19.3. The maximum Gasteiger partial charge on any atom is 0.471 e. The maximum absolute atomic E-state index is 12.4. The maximum atomic E-state index is 12.4. The number of carbonyl (C=O) groups is 2. The Balaban J connectivity index is 2.36. The Hall–Kier alpha value is -2.69. The average Bonchev–Trinajstić information content (AvgIpc) is 2.59. The lowest BCUT2D eigenvalue weighted by Crippen LogP contribution is -2.38. The van der Waals surface area contributed by atoms with E-state index in [9.17, 15) is 22.8 Å². The summed E-state index contributed by atoms with van der Waals surface area (Å²) in [7, 11) is 0. The highest BCUT2D eigenvalue weighted by Gasteiger charge is 2.38. The van der Waals surface area contributed by atoms with Crippen LogP contribution in [0.5, 0.6) is 0 Å². The quantitative estimate of drug-likeness (QED) is 0.654. The lowest BCUT2D eigenvalue weighted by Gasteiger charge is -2.36. The average molecular weight is 368 g/mol. The van der Waals surface area contributed by atoms with Crippen LogP contribution in [0.3, 0.4) is 0 Å². The van der Waals surface area contributed by atoms with Gasteiger partial charge in [-0.2, -0.15) is 13.2 Å². The van der Waals surface area contributed by atoms with Gasteiger partial charge in [-0.15, -0.1) is 6.42 Å². The fourth-order valence-electron chi connectivity index (χ4n) is 2.87. The van der Waals surface area contributed by atoms with Crippen molar-refractivity contribution in [1.29, 1.82) is 0 Å². The first-order valence-corrected chi connectivity index (χ1v) is 8.13. The van der Waals surface area contributed by atoms with Gasteiger partial charge in [0.15, 0.2) is 6.61 Å². The SMILES string of the molecule is C#CCOC(=O)c1cc(NC(=O)C(F)(F)F)ccc1N1CCCCC1C. The highest BCUT2D eigenvalue weighted by molar-refractivity contribution is 6.00. The molecule has 0 aliphatic carbocycles. The first kappa shape index (κ1) is 19.6. The van der Waals surface area contributed by atoms with Crippen LogP contribution in [0, 0.1) is 12.3 Å². The summed E-state index contributed by atoms with van der Waals surface area (Å²) >= 11 is 0. The van der Waals surface area contributed by atoms with Crippen LogP contribution in [0.25, 0.3) is 0 Å². The van der Waals surface area contributed by atoms with Gasteiger partial charge in [0, 0.05) is 18.3 Å². The van der Waals surface area contributed by atoms with E-state index in [2.05, 4.69) is 5.92 Å². The van der Waals surface area contributed by atoms with Gasteiger partial charge in [0.25, 0.3) is 0 Å². The third-order valence-corrected chi connectivity index (χ3v) is 4.13. The lowest BCUT2D eigenvalue weighted by atomic mass is 10.0. The Morgan fingerprint density at radius 1 is 1.38 bits per heavy atom. The number of hydrogen-bond donors (Lipinski definition) is 1. The minimum Gasteiger partial charge on any atom is -0.449 e. The van der Waals surface area contributed by atoms with E-state index < -0.39 is 18.1 Å². The number of nitrogens with zero attached hydrogens (tertiary/aromatic N) is 1. The van der Waals surface area contributed by atoms with Gasteiger partial charge < -0.3 is 15.0 Å². The van der Waals surface area contributed by atoms with Gasteiger partial charge in [0.2, 0.25) is 0 Å². The van der Waals surface area contributed by atoms with Crippen molar-refractivity contribution >= 4 is 23.3 Å². The summed E-state index contributed by atoms with van der Waals surface area (Å²) in [5.74, 6) is -0.695. The van der Waals surface area contributed by atoms with Gasteiger partial charge in [0.05, 0.1) is 11.3 Å². The number of hydrogen-bond acceptors (Lipinski definition) is 4. The van der Waals surface area contributed by atoms with Crippen molar-refractivity contribution < 1.29 is 27.5 Å². The van der Waals surface area contributed by atoms with Gasteiger partial charge in [-0.05, 0) is 44.4 Å². The van der Waals surface area contributed by atoms with E-state index in [0.29, 0.717) is 12.2 Å². The van der Waals surface area contributed by atoms with Crippen molar-refractivity contribution in [3.05, 3.63) is 23.8 Å². The normalized spacial score (nSPS) is 17.3. The highest BCUT2D eigenvalue weighted by atomic mass is 19.4. The molecule has 0 radical (unpaired) electrons. The molecule has 26 heavy (non-hydrogen) atoms. The van der Waals surface area contributed by atoms with E-state index in [1.807, 2.05) is 11.8 Å². The largest absolute Gasteiger partial charge is 0.471 e. The Labute approximate surface area is 149 Å². The topological polar surface area (TPSA) is 58.6 Å². The second-order valence-electron chi connectivity index (χ2n) is 6.00. The van der Waals surface area contributed by atoms with E-state index in [1.165, 1.54) is 18.2 Å². The molecule has 1 fully saturated rings. The van der Waals surface area contributed by atoms with Crippen LogP contribution < -0.4 is 10.2 Å². The first-order valence-electron chi connectivity index (χ1n) is 8.13. The number of esters is 1. The van der Waals surface area contributed by atoms with Gasteiger partial charge >= 0.3 is 18.1 Å². The number of carbonyl (C=O) groups excluding carboxylic acids is 2. The van der Waals surface area contributed by atoms with Crippen LogP contribution in [-0.2, 0) is 9.53 Å². The summed E-state index contributed by atoms with van der Waals surface area (Å²) in [6, 6.07) is 4.19. The molecule has 1 aliphatic heterocycles. The molecular formula is C18H19F3N2O3. The van der Waals surface area contributed by atoms with E-state index in [1.54, 1.807) is 5.32 Å². The summed E-state index contributed by atoms with van der Waals surface area (Å²) < 4.78 is 42.3. The predicted octanol–water partition coefficient (Wildman–Crippen LogP) is 3.36. The van der Waals surface area contributed by atoms with Crippen LogP contribution in [0.15, 0.2) is 18.2 Å². The Bertz CT molecular complexity index is 725. The molecule has 8 heteroatoms. The third kappa shape index (κ3) is 4.69. The monoisotopic (exact) mass is 368 g/mol. The number of alkyl halides is 3. The number of benzene rings is 1. The van der Waals surface area contributed by atoms with Crippen LogP contribution >= 0.6 is 0 Å². The number of nitrogens with one attached hydrogen (secondary N) is 1. The summed E-state index contributed by atoms with van der Waals surface area (Å²) in [5, 5.41) is 1.74. The Morgan fingerprint density at radius 2 is 2.12 bits per heavy atom. The number of terminal acetylenes is 1. The first-order chi connectivity index (χ1) is 12.2. The van der Waals surface area contributed by atoms with Crippen molar-refractivity contribution in [1.82, 2.24) is 0 Å². The molecule has 1 atom stereocenters. The minimum atomic E-state index is -5.02. The fraction of sp³-hybridized carbons (Fsp3) is 0.444. The summed E-state index contributed by atoms with van der Waals surface area (Å²) in [6.07, 6.45) is 3.00. The van der Waals surface area contributed by atoms with Crippen molar-refractivity contribution in [2.45, 2.75) is 38.4 Å². The molecule has 2 rings (SSSR count). The van der Waals surface area contributed by atoms with Crippen LogP contribution in [0.2, 0.25) is 0 Å². The molecule has 5 nitrogen and oxygen atoms in total. The third-order valence-electron chi connectivity index (χ3n) is 4.13. The van der Waals surface area contributed by atoms with Gasteiger partial charge in [-0.25, -0.2) is 4.79 Å². The number of piperidine rings is 1. The molecule has 1 N–H and O–H groups in total. The van der Waals surface area contributed by atoms with Crippen LogP contribution in [-0.4, -0.2) is 37.2 Å². The fourth-order valence-corrected chi connectivity index (χ4v) is 2.87. The predicted molar refractivity (Wildman–Crippen MR) is 90.9 cm³/mol. The van der Waals surface area contributed by atoms with E-state index in [4.69, 9.17) is 11.2 Å². The molecule has 140 valence electrons. The van der Waals surface area contributed by atoms with Crippen molar-refractivity contribution in [3.63, 3.8) is 0 Å². The summed E-state index contributed by atoms with van der Waals surface area (Å²) in [6.45, 7) is 2.47. The lowest BCUT2D eigenvalue weighted by molar-refractivity contribution is -0.167. The van der Waals surface area contributed by atoms with Crippen molar-refractivity contribution in [3.8, 4) is 12.3 Å². The van der Waals surface area contributed by atoms with E-state index in [-0.39, 0.29) is 23.9 Å². The molecule has 0 bridgehead atoms. The molecule has 1 aromatic carbocycles. The highest BCUT2D eigenvalue weighted by Crippen LogP contribution is 2.31. The standard InChI is InChI=1S/C18H19F3N2O3/c1-3-10-26-16(24)14-11-13(22-17(25)18(19,20)21)7-8-15(14)23-9-5-4-6-12(23)2/h1,7-8,11-12H,4-6,9-10H2,2H3,(H,22,25). The van der Waals surface area contributed by atoms with Crippen molar-refractivity contribution in [2.24, 2.45) is 0 Å². The van der Waals surface area contributed by atoms with Gasteiger partial charge in [-0.1, -0.05) is 5.92 Å². The molecule has 1 unspecified atom stereocenters. The van der Waals surface area contributed by atoms with E-state index in [0.717, 1.165) is 19.3 Å². The second-order valence-corrected chi connectivity index (χ2v) is 6.00. The summed E-state index contributed by atoms with van der Waals surface area (Å²) in [4.78, 5) is 25.5. The molecule has 1 aromatic rings. The Kier molecular flexibility index (Phi) is 6.14. The van der Waals surface area contributed by atoms with Gasteiger partial charge in [0.1, 0.15) is 0 Å². The smallest absolute Gasteiger partial charge is 0.449 e. The molecule has 0 aromatic heterocycles. The minimum absolute atomic E-state index is 0.0639. The number of rotatable bonds is 4. The molecule has 0 saturated carbocycles. The molecule has 1 saturated heterocycles. The molecular weight excluding hydrogens is 349 g/mol. The molecule has 0 spiro atoms. The van der Waals surface area contributed by atoms with Gasteiger partial charge in [-0.3, -0.25) is 4.79 Å². The number of ether oxygens (including phenoxy) is 1. The molecule has 1 heterocycles. The Morgan fingerprint density at radius 3 is 2.73 bits per heavy atom. The second kappa shape index (κ2) is 8.13. The van der Waals surface area contributed by atoms with E-state index >= 15 is 0 Å².